The largest absolute Gasteiger partial charge is 0.380 e. The van der Waals surface area contributed by atoms with Gasteiger partial charge in [-0.3, -0.25) is 9.69 Å². The number of ketones is 1. The van der Waals surface area contributed by atoms with Crippen molar-refractivity contribution in [1.82, 2.24) is 4.90 Å². The Hall–Kier alpha value is -0.410. The van der Waals surface area contributed by atoms with Crippen LogP contribution in [0.2, 0.25) is 0 Å². The number of Topliss-reactive ketones (excluding diaryl/α,β-unsaturated/α-hetero) is 1. The number of nitrogens with zero attached hydrogens (tertiary/aromatic N) is 1. The van der Waals surface area contributed by atoms with Gasteiger partial charge in [0.1, 0.15) is 5.78 Å². The van der Waals surface area contributed by atoms with Crippen molar-refractivity contribution in [3.63, 3.8) is 0 Å². The Bertz CT molecular complexity index is 178. The fourth-order valence-electron chi connectivity index (χ4n) is 1.25. The molecule has 1 rings (SSSR count). The van der Waals surface area contributed by atoms with Gasteiger partial charge in [-0.25, -0.2) is 0 Å². The third-order valence-corrected chi connectivity index (χ3v) is 2.51. The molecule has 0 heterocycles. The summed E-state index contributed by atoms with van der Waals surface area (Å²) in [6.45, 7) is 4.99. The van der Waals surface area contributed by atoms with E-state index in [1.165, 1.54) is 12.8 Å². The minimum atomic E-state index is 0.301. The van der Waals surface area contributed by atoms with Crippen LogP contribution in [0.1, 0.15) is 26.2 Å². The van der Waals surface area contributed by atoms with Gasteiger partial charge >= 0.3 is 0 Å². The lowest BCUT2D eigenvalue weighted by Crippen LogP contribution is -2.29. The van der Waals surface area contributed by atoms with Gasteiger partial charge in [-0.15, -0.1) is 0 Å². The van der Waals surface area contributed by atoms with Gasteiger partial charge in [0.25, 0.3) is 0 Å². The molecule has 0 spiro atoms. The predicted molar refractivity (Wildman–Crippen MR) is 56.3 cm³/mol. The highest BCUT2D eigenvalue weighted by Gasteiger charge is 2.20. The number of hydrogen-bond acceptors (Lipinski definition) is 3. The lowest BCUT2D eigenvalue weighted by Gasteiger charge is -2.14. The van der Waals surface area contributed by atoms with Crippen molar-refractivity contribution in [2.24, 2.45) is 5.92 Å². The zero-order chi connectivity index (χ0) is 10.4. The maximum absolute atomic E-state index is 11.1. The summed E-state index contributed by atoms with van der Waals surface area (Å²) in [5, 5.41) is 0. The molecule has 1 aliphatic rings. The third-order valence-electron chi connectivity index (χ3n) is 2.51. The molecule has 0 radical (unpaired) electrons. The molecule has 3 heteroatoms. The Morgan fingerprint density at radius 1 is 1.50 bits per heavy atom. The Morgan fingerprint density at radius 3 is 2.79 bits per heavy atom. The average molecular weight is 199 g/mol. The molecule has 0 unspecified atom stereocenters. The van der Waals surface area contributed by atoms with Gasteiger partial charge in [0.2, 0.25) is 0 Å². The van der Waals surface area contributed by atoms with Crippen molar-refractivity contribution in [3.8, 4) is 0 Å². The molecule has 3 nitrogen and oxygen atoms in total. The number of ether oxygens (including phenoxy) is 1. The Balaban J connectivity index is 1.90. The molecule has 0 aromatic carbocycles. The fraction of sp³-hybridized carbons (Fsp3) is 0.909. The quantitative estimate of drug-likeness (QED) is 0.552. The molecule has 14 heavy (non-hydrogen) atoms. The first-order valence-corrected chi connectivity index (χ1v) is 5.50. The van der Waals surface area contributed by atoms with Crippen LogP contribution in [0.5, 0.6) is 0 Å². The van der Waals surface area contributed by atoms with E-state index in [2.05, 4.69) is 0 Å². The first-order chi connectivity index (χ1) is 6.72. The lowest BCUT2D eigenvalue weighted by atomic mass is 10.3. The van der Waals surface area contributed by atoms with E-state index < -0.39 is 0 Å². The Morgan fingerprint density at radius 2 is 2.21 bits per heavy atom. The SMILES string of the molecule is CCC(=O)CN(C)CCOCC1CC1. The normalized spacial score (nSPS) is 16.2. The maximum Gasteiger partial charge on any atom is 0.146 e. The second-order valence-corrected chi connectivity index (χ2v) is 4.15. The zero-order valence-corrected chi connectivity index (χ0v) is 9.29. The Kier molecular flexibility index (Phi) is 5.12. The van der Waals surface area contributed by atoms with E-state index in [0.717, 1.165) is 25.7 Å². The standard InChI is InChI=1S/C11H21NO2/c1-3-11(13)8-12(2)6-7-14-9-10-4-5-10/h10H,3-9H2,1-2H3. The van der Waals surface area contributed by atoms with Crippen LogP contribution in [0.3, 0.4) is 0 Å². The van der Waals surface area contributed by atoms with Crippen LogP contribution in [0.4, 0.5) is 0 Å². The highest BCUT2D eigenvalue weighted by Crippen LogP contribution is 2.28. The van der Waals surface area contributed by atoms with E-state index in [9.17, 15) is 4.79 Å². The molecule has 1 fully saturated rings. The lowest BCUT2D eigenvalue weighted by molar-refractivity contribution is -0.119. The maximum atomic E-state index is 11.1. The van der Waals surface area contributed by atoms with Crippen LogP contribution < -0.4 is 0 Å². The van der Waals surface area contributed by atoms with E-state index in [0.29, 0.717) is 18.7 Å². The molecule has 82 valence electrons. The Labute approximate surface area is 86.4 Å². The van der Waals surface area contributed by atoms with Crippen molar-refractivity contribution >= 4 is 5.78 Å². The molecule has 0 aliphatic heterocycles. The van der Waals surface area contributed by atoms with Crippen LogP contribution in [0.25, 0.3) is 0 Å². The first-order valence-electron chi connectivity index (χ1n) is 5.50. The van der Waals surface area contributed by atoms with Gasteiger partial charge < -0.3 is 4.74 Å². The summed E-state index contributed by atoms with van der Waals surface area (Å²) in [5.41, 5.74) is 0. The molecule has 0 aromatic rings. The number of carbonyl (C=O) groups is 1. The highest BCUT2D eigenvalue weighted by molar-refractivity contribution is 5.80. The van der Waals surface area contributed by atoms with Gasteiger partial charge in [-0.2, -0.15) is 0 Å². The number of rotatable bonds is 8. The van der Waals surface area contributed by atoms with E-state index in [-0.39, 0.29) is 0 Å². The van der Waals surface area contributed by atoms with E-state index >= 15 is 0 Å². The summed E-state index contributed by atoms with van der Waals surface area (Å²) in [7, 11) is 1.97. The van der Waals surface area contributed by atoms with Crippen molar-refractivity contribution in [2.75, 3.05) is 33.4 Å². The van der Waals surface area contributed by atoms with Gasteiger partial charge in [0.15, 0.2) is 0 Å². The molecule has 1 saturated carbocycles. The number of hydrogen-bond donors (Lipinski definition) is 0. The second kappa shape index (κ2) is 6.14. The molecule has 1 aliphatic carbocycles. The van der Waals surface area contributed by atoms with Crippen molar-refractivity contribution in [1.29, 1.82) is 0 Å². The third kappa shape index (κ3) is 5.35. The van der Waals surface area contributed by atoms with Crippen molar-refractivity contribution in [2.45, 2.75) is 26.2 Å². The zero-order valence-electron chi connectivity index (χ0n) is 9.29. The minimum absolute atomic E-state index is 0.301. The fourth-order valence-corrected chi connectivity index (χ4v) is 1.25. The predicted octanol–water partition coefficient (Wildman–Crippen LogP) is 1.32. The monoisotopic (exact) mass is 199 g/mol. The summed E-state index contributed by atoms with van der Waals surface area (Å²) in [6, 6.07) is 0. The summed E-state index contributed by atoms with van der Waals surface area (Å²) in [6.07, 6.45) is 3.31. The van der Waals surface area contributed by atoms with Crippen LogP contribution >= 0.6 is 0 Å². The van der Waals surface area contributed by atoms with Crippen LogP contribution in [0, 0.1) is 5.92 Å². The van der Waals surface area contributed by atoms with Crippen LogP contribution in [0.15, 0.2) is 0 Å². The van der Waals surface area contributed by atoms with Crippen molar-refractivity contribution < 1.29 is 9.53 Å². The molecule has 0 saturated heterocycles. The first kappa shape index (κ1) is 11.7. The van der Waals surface area contributed by atoms with Gasteiger partial charge in [0, 0.05) is 19.6 Å². The summed E-state index contributed by atoms with van der Waals surface area (Å²) >= 11 is 0. The summed E-state index contributed by atoms with van der Waals surface area (Å²) in [5.74, 6) is 1.13. The topological polar surface area (TPSA) is 29.5 Å². The van der Waals surface area contributed by atoms with Crippen molar-refractivity contribution in [3.05, 3.63) is 0 Å². The highest BCUT2D eigenvalue weighted by atomic mass is 16.5. The van der Waals surface area contributed by atoms with Gasteiger partial charge in [-0.1, -0.05) is 6.92 Å². The van der Waals surface area contributed by atoms with Gasteiger partial charge in [0.05, 0.1) is 13.2 Å². The smallest absolute Gasteiger partial charge is 0.146 e. The van der Waals surface area contributed by atoms with E-state index in [1.807, 2.05) is 18.9 Å². The second-order valence-electron chi connectivity index (χ2n) is 4.15. The van der Waals surface area contributed by atoms with Gasteiger partial charge in [-0.05, 0) is 25.8 Å². The van der Waals surface area contributed by atoms with Crippen LogP contribution in [-0.4, -0.2) is 44.0 Å². The molecular weight excluding hydrogens is 178 g/mol. The number of likely N-dealkylation sites (N-methyl/N-ethyl adjacent to an activating group) is 1. The van der Waals surface area contributed by atoms with E-state index in [4.69, 9.17) is 4.74 Å². The summed E-state index contributed by atoms with van der Waals surface area (Å²) < 4.78 is 5.49. The molecular formula is C11H21NO2. The molecule has 0 N–H and O–H groups in total. The molecule has 0 aromatic heterocycles. The van der Waals surface area contributed by atoms with Crippen LogP contribution in [-0.2, 0) is 9.53 Å². The molecule has 0 bridgehead atoms. The number of carbonyl (C=O) groups excluding carboxylic acids is 1. The molecule has 0 amide bonds. The minimum Gasteiger partial charge on any atom is -0.380 e. The summed E-state index contributed by atoms with van der Waals surface area (Å²) in [4.78, 5) is 13.1. The molecule has 0 atom stereocenters. The average Bonchev–Trinajstić information content (AvgIpc) is 2.96. The van der Waals surface area contributed by atoms with E-state index in [1.54, 1.807) is 0 Å².